The van der Waals surface area contributed by atoms with E-state index in [0.717, 1.165) is 42.6 Å². The smallest absolute Gasteiger partial charge is 0.303 e. The summed E-state index contributed by atoms with van der Waals surface area (Å²) in [5.41, 5.74) is 10.2. The molecule has 2 aliphatic rings. The van der Waals surface area contributed by atoms with E-state index in [-0.39, 0.29) is 18.1 Å². The first-order valence-electron chi connectivity index (χ1n) is 11.5. The average Bonchev–Trinajstić information content (AvgIpc) is 3.33. The fourth-order valence-corrected chi connectivity index (χ4v) is 5.00. The summed E-state index contributed by atoms with van der Waals surface area (Å²) in [6.07, 6.45) is 6.41. The third-order valence-corrected chi connectivity index (χ3v) is 7.00. The van der Waals surface area contributed by atoms with Gasteiger partial charge in [-0.2, -0.15) is 5.10 Å². The van der Waals surface area contributed by atoms with E-state index in [1.165, 1.54) is 12.8 Å². The fourth-order valence-electron chi connectivity index (χ4n) is 5.00. The van der Waals surface area contributed by atoms with Gasteiger partial charge < -0.3 is 10.8 Å². The molecule has 6 heteroatoms. The van der Waals surface area contributed by atoms with Gasteiger partial charge in [0.25, 0.3) is 0 Å². The molecule has 32 heavy (non-hydrogen) atoms. The van der Waals surface area contributed by atoms with E-state index >= 15 is 0 Å². The number of carboxylic acids is 1. The highest BCUT2D eigenvalue weighted by atomic mass is 16.4. The van der Waals surface area contributed by atoms with Gasteiger partial charge in [-0.1, -0.05) is 43.3 Å². The summed E-state index contributed by atoms with van der Waals surface area (Å²) in [4.78, 5) is 24.6. The van der Waals surface area contributed by atoms with E-state index < -0.39 is 11.5 Å². The SMILES string of the molecule is CCC1(N)c2cc(C(=O)c3ccc(C=NN4CCCC4)cc3)ccc2CCC1CC(=O)O. The standard InChI is InChI=1S/C26H31N3O3/c1-2-26(27)22(16-24(30)31)12-11-19-9-10-21(15-23(19)26)25(32)20-7-5-18(6-8-20)17-28-29-13-3-4-14-29/h5-10,15,17,22H,2-4,11-14,16,27H2,1H3,(H,30,31). The van der Waals surface area contributed by atoms with E-state index in [9.17, 15) is 14.7 Å². The number of fused-ring (bicyclic) bond motifs is 1. The molecule has 1 fully saturated rings. The minimum Gasteiger partial charge on any atom is -0.481 e. The molecule has 0 radical (unpaired) electrons. The lowest BCUT2D eigenvalue weighted by Gasteiger charge is -2.42. The molecule has 0 bridgehead atoms. The normalized spacial score (nSPS) is 22.8. The van der Waals surface area contributed by atoms with Crippen LogP contribution in [0.25, 0.3) is 0 Å². The van der Waals surface area contributed by atoms with Crippen molar-refractivity contribution in [2.75, 3.05) is 13.1 Å². The number of aryl methyl sites for hydroxylation is 1. The number of nitrogens with two attached hydrogens (primary N) is 1. The molecule has 1 aliphatic heterocycles. The number of benzene rings is 2. The van der Waals surface area contributed by atoms with Crippen LogP contribution in [0.4, 0.5) is 0 Å². The van der Waals surface area contributed by atoms with Gasteiger partial charge in [0, 0.05) is 29.8 Å². The van der Waals surface area contributed by atoms with Crippen molar-refractivity contribution >= 4 is 18.0 Å². The molecule has 0 spiro atoms. The molecule has 3 N–H and O–H groups in total. The van der Waals surface area contributed by atoms with Gasteiger partial charge in [-0.15, -0.1) is 0 Å². The van der Waals surface area contributed by atoms with Crippen molar-refractivity contribution in [2.45, 2.75) is 51.0 Å². The van der Waals surface area contributed by atoms with Crippen molar-refractivity contribution in [1.29, 1.82) is 0 Å². The number of carbonyl (C=O) groups excluding carboxylic acids is 1. The monoisotopic (exact) mass is 433 g/mol. The van der Waals surface area contributed by atoms with Crippen LogP contribution in [-0.4, -0.2) is 41.2 Å². The second kappa shape index (κ2) is 9.25. The number of rotatable bonds is 7. The highest BCUT2D eigenvalue weighted by molar-refractivity contribution is 6.09. The lowest BCUT2D eigenvalue weighted by atomic mass is 9.66. The zero-order chi connectivity index (χ0) is 22.7. The quantitative estimate of drug-likeness (QED) is 0.509. The Morgan fingerprint density at radius 3 is 2.50 bits per heavy atom. The number of hydrogen-bond donors (Lipinski definition) is 2. The lowest BCUT2D eigenvalue weighted by molar-refractivity contribution is -0.139. The molecule has 1 aliphatic carbocycles. The van der Waals surface area contributed by atoms with Gasteiger partial charge in [-0.25, -0.2) is 0 Å². The zero-order valence-corrected chi connectivity index (χ0v) is 18.6. The molecule has 2 aromatic rings. The van der Waals surface area contributed by atoms with E-state index in [0.29, 0.717) is 17.5 Å². The molecular weight excluding hydrogens is 402 g/mol. The first-order valence-corrected chi connectivity index (χ1v) is 11.5. The first kappa shape index (κ1) is 22.2. The number of nitrogens with zero attached hydrogens (tertiary/aromatic N) is 2. The Balaban J connectivity index is 1.56. The lowest BCUT2D eigenvalue weighted by Crippen LogP contribution is -2.47. The van der Waals surface area contributed by atoms with Crippen molar-refractivity contribution in [3.05, 3.63) is 70.3 Å². The largest absolute Gasteiger partial charge is 0.481 e. The first-order chi connectivity index (χ1) is 15.4. The predicted octanol–water partition coefficient (Wildman–Crippen LogP) is 3.95. The molecule has 1 heterocycles. The van der Waals surface area contributed by atoms with Gasteiger partial charge in [0.05, 0.1) is 12.6 Å². The molecule has 168 valence electrons. The number of carbonyl (C=O) groups is 2. The summed E-state index contributed by atoms with van der Waals surface area (Å²) in [6.45, 7) is 3.99. The molecule has 2 atom stereocenters. The molecule has 0 saturated carbocycles. The highest BCUT2D eigenvalue weighted by Gasteiger charge is 2.41. The minimum absolute atomic E-state index is 0.0440. The van der Waals surface area contributed by atoms with Crippen LogP contribution < -0.4 is 5.73 Å². The van der Waals surface area contributed by atoms with Crippen LogP contribution in [0.1, 0.15) is 71.6 Å². The molecule has 1 saturated heterocycles. The molecule has 2 unspecified atom stereocenters. The van der Waals surface area contributed by atoms with Crippen LogP contribution in [0.15, 0.2) is 47.6 Å². The summed E-state index contributed by atoms with van der Waals surface area (Å²) in [5, 5.41) is 15.9. The Morgan fingerprint density at radius 2 is 1.84 bits per heavy atom. The fraction of sp³-hybridized carbons (Fsp3) is 0.423. The Bertz CT molecular complexity index is 1030. The van der Waals surface area contributed by atoms with Gasteiger partial charge in [0.1, 0.15) is 0 Å². The summed E-state index contributed by atoms with van der Waals surface area (Å²) in [5.74, 6) is -1.03. The van der Waals surface area contributed by atoms with E-state index in [2.05, 4.69) is 10.1 Å². The van der Waals surface area contributed by atoms with E-state index in [1.807, 2.05) is 55.6 Å². The van der Waals surface area contributed by atoms with Gasteiger partial charge in [-0.05, 0) is 60.8 Å². The molecule has 2 aromatic carbocycles. The minimum atomic E-state index is -0.831. The number of hydrazone groups is 1. The molecule has 0 amide bonds. The molecule has 0 aromatic heterocycles. The van der Waals surface area contributed by atoms with Crippen molar-refractivity contribution in [3.63, 3.8) is 0 Å². The van der Waals surface area contributed by atoms with Crippen LogP contribution in [-0.2, 0) is 16.8 Å². The Labute approximate surface area is 189 Å². The van der Waals surface area contributed by atoms with Crippen LogP contribution in [0.5, 0.6) is 0 Å². The summed E-state index contributed by atoms with van der Waals surface area (Å²) >= 11 is 0. The van der Waals surface area contributed by atoms with Crippen molar-refractivity contribution in [2.24, 2.45) is 16.8 Å². The topological polar surface area (TPSA) is 96.0 Å². The summed E-state index contributed by atoms with van der Waals surface area (Å²) in [6, 6.07) is 13.2. The maximum atomic E-state index is 13.2. The van der Waals surface area contributed by atoms with Gasteiger partial charge in [0.2, 0.25) is 0 Å². The third-order valence-electron chi connectivity index (χ3n) is 7.00. The molecule has 4 rings (SSSR count). The van der Waals surface area contributed by atoms with Gasteiger partial charge in [0.15, 0.2) is 5.78 Å². The third kappa shape index (κ3) is 4.46. The van der Waals surface area contributed by atoms with Crippen molar-refractivity contribution < 1.29 is 14.7 Å². The summed E-state index contributed by atoms with van der Waals surface area (Å²) < 4.78 is 0. The average molecular weight is 434 g/mol. The second-order valence-electron chi connectivity index (χ2n) is 8.96. The zero-order valence-electron chi connectivity index (χ0n) is 18.6. The summed E-state index contributed by atoms with van der Waals surface area (Å²) in [7, 11) is 0. The van der Waals surface area contributed by atoms with Gasteiger partial charge >= 0.3 is 5.97 Å². The van der Waals surface area contributed by atoms with Crippen LogP contribution >= 0.6 is 0 Å². The van der Waals surface area contributed by atoms with E-state index in [1.54, 1.807) is 0 Å². The number of ketones is 1. The molecule has 6 nitrogen and oxygen atoms in total. The van der Waals surface area contributed by atoms with Crippen LogP contribution in [0.2, 0.25) is 0 Å². The predicted molar refractivity (Wildman–Crippen MR) is 125 cm³/mol. The van der Waals surface area contributed by atoms with Gasteiger partial charge in [-0.3, -0.25) is 14.6 Å². The number of carboxylic acid groups (broad SMARTS) is 1. The Hall–Kier alpha value is -2.99. The van der Waals surface area contributed by atoms with Crippen molar-refractivity contribution in [3.8, 4) is 0 Å². The van der Waals surface area contributed by atoms with E-state index in [4.69, 9.17) is 5.73 Å². The maximum absolute atomic E-state index is 13.2. The maximum Gasteiger partial charge on any atom is 0.303 e. The molecular formula is C26H31N3O3. The van der Waals surface area contributed by atoms with Crippen molar-refractivity contribution in [1.82, 2.24) is 5.01 Å². The second-order valence-corrected chi connectivity index (χ2v) is 8.96. The highest BCUT2D eigenvalue weighted by Crippen LogP contribution is 2.42. The van der Waals surface area contributed by atoms with Crippen LogP contribution in [0.3, 0.4) is 0 Å². The van der Waals surface area contributed by atoms with Crippen LogP contribution in [0, 0.1) is 5.92 Å². The Kier molecular flexibility index (Phi) is 6.42. The number of hydrogen-bond acceptors (Lipinski definition) is 5. The number of aliphatic carboxylic acids is 1. The Morgan fingerprint density at radius 1 is 1.16 bits per heavy atom.